The molecule has 186 valence electrons. The van der Waals surface area contributed by atoms with E-state index in [0.29, 0.717) is 17.1 Å². The summed E-state index contributed by atoms with van der Waals surface area (Å²) in [4.78, 5) is 27.8. The van der Waals surface area contributed by atoms with E-state index >= 15 is 0 Å². The van der Waals surface area contributed by atoms with Crippen molar-refractivity contribution in [3.8, 4) is 17.2 Å². The van der Waals surface area contributed by atoms with E-state index in [9.17, 15) is 19.1 Å². The predicted molar refractivity (Wildman–Crippen MR) is 134 cm³/mol. The van der Waals surface area contributed by atoms with E-state index in [2.05, 4.69) is 0 Å². The van der Waals surface area contributed by atoms with Crippen LogP contribution in [-0.4, -0.2) is 38.1 Å². The smallest absolute Gasteiger partial charge is 0.300 e. The molecule has 36 heavy (non-hydrogen) atoms. The Labute approximate surface area is 216 Å². The van der Waals surface area contributed by atoms with Gasteiger partial charge in [-0.2, -0.15) is 0 Å². The lowest BCUT2D eigenvalue weighted by Crippen LogP contribution is -2.29. The number of aliphatic hydroxyl groups excluding tert-OH is 1. The standard InChI is InChI=1S/C26H20Cl2FNO6/c1-34-19-9-5-14(27)11-16(19)24(31)22-23(13-4-8-20(35-2)21(10-13)36-3)30(26(33)25(22)32)15-6-7-18(29)17(28)12-15/h4-12,23,31H,1-3H3/b24-22+. The van der Waals surface area contributed by atoms with Crippen LogP contribution in [0, 0.1) is 5.82 Å². The van der Waals surface area contributed by atoms with Crippen molar-refractivity contribution in [1.82, 2.24) is 0 Å². The molecule has 3 aromatic carbocycles. The first-order valence-electron chi connectivity index (χ1n) is 10.5. The third-order valence-electron chi connectivity index (χ3n) is 5.77. The number of anilines is 1. The molecule has 0 spiro atoms. The number of carbonyl (C=O) groups excluding carboxylic acids is 2. The summed E-state index contributed by atoms with van der Waals surface area (Å²) in [6.45, 7) is 0. The topological polar surface area (TPSA) is 85.3 Å². The fourth-order valence-corrected chi connectivity index (χ4v) is 4.43. The second-order valence-electron chi connectivity index (χ2n) is 7.73. The van der Waals surface area contributed by atoms with Crippen molar-refractivity contribution >= 4 is 46.3 Å². The summed E-state index contributed by atoms with van der Waals surface area (Å²) in [7, 11) is 4.30. The molecule has 3 aromatic rings. The molecule has 1 aliphatic rings. The number of ketones is 1. The number of aliphatic hydroxyl groups is 1. The molecule has 1 aliphatic heterocycles. The van der Waals surface area contributed by atoms with Crippen LogP contribution in [0.15, 0.2) is 60.2 Å². The van der Waals surface area contributed by atoms with Gasteiger partial charge in [0.15, 0.2) is 11.5 Å². The zero-order chi connectivity index (χ0) is 26.1. The number of ether oxygens (including phenoxy) is 3. The van der Waals surface area contributed by atoms with Crippen LogP contribution in [-0.2, 0) is 9.59 Å². The van der Waals surface area contributed by atoms with Crippen molar-refractivity contribution < 1.29 is 33.3 Å². The van der Waals surface area contributed by atoms with Crippen molar-refractivity contribution in [2.45, 2.75) is 6.04 Å². The molecular formula is C26H20Cl2FNO6. The van der Waals surface area contributed by atoms with E-state index < -0.39 is 29.3 Å². The van der Waals surface area contributed by atoms with E-state index in [-0.39, 0.29) is 32.6 Å². The number of carbonyl (C=O) groups is 2. The Morgan fingerprint density at radius 1 is 0.889 bits per heavy atom. The summed E-state index contributed by atoms with van der Waals surface area (Å²) >= 11 is 12.1. The Kier molecular flexibility index (Phi) is 7.10. The minimum Gasteiger partial charge on any atom is -0.507 e. The van der Waals surface area contributed by atoms with Gasteiger partial charge in [-0.3, -0.25) is 14.5 Å². The first kappa shape index (κ1) is 25.3. The van der Waals surface area contributed by atoms with E-state index in [1.54, 1.807) is 24.3 Å². The van der Waals surface area contributed by atoms with Crippen LogP contribution in [0.5, 0.6) is 17.2 Å². The maximum absolute atomic E-state index is 13.9. The molecule has 0 bridgehead atoms. The van der Waals surface area contributed by atoms with E-state index in [1.807, 2.05) is 0 Å². The summed E-state index contributed by atoms with van der Waals surface area (Å²) in [5.41, 5.74) is 0.453. The van der Waals surface area contributed by atoms with Crippen LogP contribution in [0.3, 0.4) is 0 Å². The maximum atomic E-state index is 13.9. The van der Waals surface area contributed by atoms with E-state index in [4.69, 9.17) is 37.4 Å². The molecule has 0 saturated carbocycles. The highest BCUT2D eigenvalue weighted by Gasteiger charge is 2.47. The molecule has 0 aromatic heterocycles. The fraction of sp³-hybridized carbons (Fsp3) is 0.154. The van der Waals surface area contributed by atoms with Crippen LogP contribution >= 0.6 is 23.2 Å². The average Bonchev–Trinajstić information content (AvgIpc) is 3.15. The van der Waals surface area contributed by atoms with Crippen LogP contribution in [0.1, 0.15) is 17.2 Å². The second kappa shape index (κ2) is 10.1. The summed E-state index contributed by atoms with van der Waals surface area (Å²) in [6, 6.07) is 11.8. The number of halogens is 3. The van der Waals surface area contributed by atoms with Gasteiger partial charge in [-0.15, -0.1) is 0 Å². The molecule has 1 heterocycles. The van der Waals surface area contributed by atoms with Gasteiger partial charge in [0.25, 0.3) is 11.7 Å². The number of rotatable bonds is 6. The van der Waals surface area contributed by atoms with Gasteiger partial charge in [0, 0.05) is 10.7 Å². The van der Waals surface area contributed by atoms with Gasteiger partial charge < -0.3 is 19.3 Å². The number of methoxy groups -OCH3 is 3. The molecule has 1 N–H and O–H groups in total. The van der Waals surface area contributed by atoms with Gasteiger partial charge in [-0.25, -0.2) is 4.39 Å². The minimum atomic E-state index is -1.13. The van der Waals surface area contributed by atoms with Gasteiger partial charge in [-0.1, -0.05) is 29.3 Å². The van der Waals surface area contributed by atoms with Crippen molar-refractivity contribution in [1.29, 1.82) is 0 Å². The molecule has 0 radical (unpaired) electrons. The number of benzene rings is 3. The van der Waals surface area contributed by atoms with Crippen molar-refractivity contribution in [3.05, 3.63) is 87.2 Å². The number of Topliss-reactive ketones (excluding diaryl/α,β-unsaturated/α-hetero) is 1. The normalized spacial score (nSPS) is 16.8. The Balaban J connectivity index is 2.02. The molecule has 1 atom stereocenters. The lowest BCUT2D eigenvalue weighted by molar-refractivity contribution is -0.132. The largest absolute Gasteiger partial charge is 0.507 e. The number of nitrogens with zero attached hydrogens (tertiary/aromatic N) is 1. The molecule has 1 saturated heterocycles. The van der Waals surface area contributed by atoms with Gasteiger partial charge in [0.05, 0.1) is 43.5 Å². The highest BCUT2D eigenvalue weighted by Crippen LogP contribution is 2.45. The second-order valence-corrected chi connectivity index (χ2v) is 8.57. The fourth-order valence-electron chi connectivity index (χ4n) is 4.08. The molecule has 10 heteroatoms. The lowest BCUT2D eigenvalue weighted by Gasteiger charge is -2.26. The first-order valence-corrected chi connectivity index (χ1v) is 11.3. The average molecular weight is 532 g/mol. The summed E-state index contributed by atoms with van der Waals surface area (Å²) in [5, 5.41) is 11.4. The van der Waals surface area contributed by atoms with E-state index in [1.165, 1.54) is 45.6 Å². The summed E-state index contributed by atoms with van der Waals surface area (Å²) < 4.78 is 29.9. The van der Waals surface area contributed by atoms with Crippen LogP contribution in [0.4, 0.5) is 10.1 Å². The molecule has 1 amide bonds. The Morgan fingerprint density at radius 2 is 1.56 bits per heavy atom. The Morgan fingerprint density at radius 3 is 2.19 bits per heavy atom. The molecule has 7 nitrogen and oxygen atoms in total. The monoisotopic (exact) mass is 531 g/mol. The Bertz CT molecular complexity index is 1410. The Hall–Kier alpha value is -3.75. The van der Waals surface area contributed by atoms with E-state index in [0.717, 1.165) is 11.0 Å². The van der Waals surface area contributed by atoms with Crippen LogP contribution < -0.4 is 19.1 Å². The predicted octanol–water partition coefficient (Wildman–Crippen LogP) is 5.78. The van der Waals surface area contributed by atoms with Crippen LogP contribution in [0.2, 0.25) is 10.0 Å². The zero-order valence-corrected chi connectivity index (χ0v) is 20.9. The van der Waals surface area contributed by atoms with Crippen molar-refractivity contribution in [2.24, 2.45) is 0 Å². The molecule has 1 unspecified atom stereocenters. The van der Waals surface area contributed by atoms with Gasteiger partial charge in [0.2, 0.25) is 0 Å². The molecule has 1 fully saturated rings. The van der Waals surface area contributed by atoms with Gasteiger partial charge in [-0.05, 0) is 54.1 Å². The highest BCUT2D eigenvalue weighted by atomic mass is 35.5. The van der Waals surface area contributed by atoms with Gasteiger partial charge in [0.1, 0.15) is 17.3 Å². The first-order chi connectivity index (χ1) is 17.2. The SMILES string of the molecule is COc1ccc(C2/C(=C(\O)c3cc(Cl)ccc3OC)C(=O)C(=O)N2c2ccc(F)c(Cl)c2)cc1OC. The molecular weight excluding hydrogens is 512 g/mol. The molecule has 0 aliphatic carbocycles. The molecule has 4 rings (SSSR count). The van der Waals surface area contributed by atoms with Crippen molar-refractivity contribution in [2.75, 3.05) is 26.2 Å². The quantitative estimate of drug-likeness (QED) is 0.246. The third kappa shape index (κ3) is 4.34. The zero-order valence-electron chi connectivity index (χ0n) is 19.3. The number of amides is 1. The number of hydrogen-bond acceptors (Lipinski definition) is 6. The lowest BCUT2D eigenvalue weighted by atomic mass is 9.94. The maximum Gasteiger partial charge on any atom is 0.300 e. The summed E-state index contributed by atoms with van der Waals surface area (Å²) in [6.07, 6.45) is 0. The highest BCUT2D eigenvalue weighted by molar-refractivity contribution is 6.52. The third-order valence-corrected chi connectivity index (χ3v) is 6.29. The van der Waals surface area contributed by atoms with Crippen LogP contribution in [0.25, 0.3) is 5.76 Å². The van der Waals surface area contributed by atoms with Crippen molar-refractivity contribution in [3.63, 3.8) is 0 Å². The summed E-state index contributed by atoms with van der Waals surface area (Å²) in [5.74, 6) is -2.11. The van der Waals surface area contributed by atoms with Gasteiger partial charge >= 0.3 is 0 Å². The number of hydrogen-bond donors (Lipinski definition) is 1. The minimum absolute atomic E-state index is 0.116.